The summed E-state index contributed by atoms with van der Waals surface area (Å²) in [4.78, 5) is 14.8. The summed E-state index contributed by atoms with van der Waals surface area (Å²) in [7, 11) is 0. The van der Waals surface area contributed by atoms with E-state index in [0.29, 0.717) is 13.0 Å². The lowest BCUT2D eigenvalue weighted by molar-refractivity contribution is -0.120. The number of aliphatic imine (C=N–C) groups is 1. The molecule has 2 aliphatic heterocycles. The van der Waals surface area contributed by atoms with Gasteiger partial charge in [-0.3, -0.25) is 10.1 Å². The maximum atomic E-state index is 10.8. The van der Waals surface area contributed by atoms with E-state index in [1.807, 2.05) is 0 Å². The van der Waals surface area contributed by atoms with E-state index in [9.17, 15) is 4.79 Å². The van der Waals surface area contributed by atoms with Crippen molar-refractivity contribution >= 4 is 12.2 Å². The molecular weight excluding hydrogens is 156 g/mol. The average Bonchev–Trinajstić information content (AvgIpc) is 2.49. The number of nitrogens with two attached hydrogens (primary N) is 1. The van der Waals surface area contributed by atoms with Crippen molar-refractivity contribution in [3.05, 3.63) is 11.4 Å². The van der Waals surface area contributed by atoms with Gasteiger partial charge in [-0.15, -0.1) is 0 Å². The van der Waals surface area contributed by atoms with Crippen LogP contribution in [0.4, 0.5) is 0 Å². The minimum atomic E-state index is -0.330. The molecule has 5 heteroatoms. The van der Waals surface area contributed by atoms with E-state index < -0.39 is 0 Å². The van der Waals surface area contributed by atoms with Gasteiger partial charge in [0.05, 0.1) is 17.4 Å². The van der Waals surface area contributed by atoms with Gasteiger partial charge in [0, 0.05) is 13.0 Å². The molecule has 12 heavy (non-hydrogen) atoms. The number of amides is 1. The molecule has 1 amide bonds. The van der Waals surface area contributed by atoms with E-state index in [2.05, 4.69) is 15.6 Å². The molecule has 0 spiro atoms. The smallest absolute Gasteiger partial charge is 0.234 e. The molecule has 0 saturated carbocycles. The van der Waals surface area contributed by atoms with Crippen LogP contribution in [-0.4, -0.2) is 24.8 Å². The van der Waals surface area contributed by atoms with Crippen LogP contribution >= 0.6 is 0 Å². The Hall–Kier alpha value is -1.36. The molecule has 3 N–H and O–H groups in total. The zero-order valence-electron chi connectivity index (χ0n) is 6.45. The fraction of sp³-hybridized carbons (Fsp3) is 0.429. The number of nitrogens with zero attached hydrogens (tertiary/aromatic N) is 2. The van der Waals surface area contributed by atoms with Crippen LogP contribution in [0.2, 0.25) is 0 Å². The second-order valence-corrected chi connectivity index (χ2v) is 2.81. The van der Waals surface area contributed by atoms with Gasteiger partial charge in [0.1, 0.15) is 6.34 Å². The molecule has 0 fully saturated rings. The van der Waals surface area contributed by atoms with E-state index in [-0.39, 0.29) is 11.9 Å². The summed E-state index contributed by atoms with van der Waals surface area (Å²) in [5.41, 5.74) is 6.95. The third-order valence-corrected chi connectivity index (χ3v) is 2.02. The van der Waals surface area contributed by atoms with Gasteiger partial charge in [0.15, 0.2) is 0 Å². The van der Waals surface area contributed by atoms with Crippen LogP contribution in [0.1, 0.15) is 6.42 Å². The highest BCUT2D eigenvalue weighted by atomic mass is 16.1. The molecule has 1 radical (unpaired) electrons. The molecule has 2 rings (SSSR count). The number of nitrogens with one attached hydrogen (secondary N) is 1. The summed E-state index contributed by atoms with van der Waals surface area (Å²) < 4.78 is 0. The molecule has 0 aromatic rings. The number of primary amides is 1. The number of hydrogen-bond acceptors (Lipinski definition) is 3. The molecule has 0 aromatic heterocycles. The molecule has 0 bridgehead atoms. The first kappa shape index (κ1) is 7.30. The fourth-order valence-electron chi connectivity index (χ4n) is 1.32. The van der Waals surface area contributed by atoms with Crippen LogP contribution in [-0.2, 0) is 4.79 Å². The summed E-state index contributed by atoms with van der Waals surface area (Å²) in [6.45, 7) is 0.586. The molecule has 2 heterocycles. The van der Waals surface area contributed by atoms with Crippen molar-refractivity contribution < 1.29 is 4.79 Å². The number of hydrogen-bond donors (Lipinski definition) is 2. The van der Waals surface area contributed by atoms with Crippen LogP contribution < -0.4 is 16.4 Å². The molecule has 0 aliphatic carbocycles. The largest absolute Gasteiger partial charge is 0.368 e. The Labute approximate surface area is 69.7 Å². The second-order valence-electron chi connectivity index (χ2n) is 2.81. The van der Waals surface area contributed by atoms with Crippen LogP contribution in [0.25, 0.3) is 0 Å². The van der Waals surface area contributed by atoms with Crippen molar-refractivity contribution in [1.82, 2.24) is 10.6 Å². The predicted octanol–water partition coefficient (Wildman–Crippen LogP) is -1.31. The van der Waals surface area contributed by atoms with Gasteiger partial charge in [0.2, 0.25) is 5.91 Å². The lowest BCUT2D eigenvalue weighted by atomic mass is 10.1. The maximum absolute atomic E-state index is 10.8. The van der Waals surface area contributed by atoms with Gasteiger partial charge in [-0.1, -0.05) is 0 Å². The summed E-state index contributed by atoms with van der Waals surface area (Å²) in [5, 5.41) is 7.01. The minimum Gasteiger partial charge on any atom is -0.368 e. The van der Waals surface area contributed by atoms with Crippen LogP contribution in [0.5, 0.6) is 0 Å². The van der Waals surface area contributed by atoms with Gasteiger partial charge in [-0.05, 0) is 0 Å². The SMILES string of the molecule is NC(=O)C1CC2=C(CN1)N=C[N]2. The third-order valence-electron chi connectivity index (χ3n) is 2.02. The topological polar surface area (TPSA) is 81.6 Å². The number of rotatable bonds is 1. The lowest BCUT2D eigenvalue weighted by Crippen LogP contribution is -2.45. The second kappa shape index (κ2) is 2.60. The first-order valence-electron chi connectivity index (χ1n) is 3.75. The van der Waals surface area contributed by atoms with E-state index in [4.69, 9.17) is 5.73 Å². The highest BCUT2D eigenvalue weighted by Gasteiger charge is 2.26. The molecule has 0 aromatic carbocycles. The molecule has 63 valence electrons. The standard InChI is InChI=1S/C7H9N4O/c8-7(12)5-1-4-6(2-9-5)11-3-10-4/h3,5,9H,1-2H2,(H2,8,12). The Morgan fingerprint density at radius 2 is 2.50 bits per heavy atom. The highest BCUT2D eigenvalue weighted by Crippen LogP contribution is 2.18. The molecule has 2 aliphatic rings. The summed E-state index contributed by atoms with van der Waals surface area (Å²) in [6, 6.07) is -0.283. The first-order valence-corrected chi connectivity index (χ1v) is 3.75. The van der Waals surface area contributed by atoms with Crippen molar-refractivity contribution in [2.45, 2.75) is 12.5 Å². The van der Waals surface area contributed by atoms with Crippen LogP contribution in [0, 0.1) is 0 Å². The molecule has 1 atom stereocenters. The zero-order valence-corrected chi connectivity index (χ0v) is 6.45. The van der Waals surface area contributed by atoms with Crippen molar-refractivity contribution in [2.75, 3.05) is 6.54 Å². The quantitative estimate of drug-likeness (QED) is 0.506. The van der Waals surface area contributed by atoms with Crippen molar-refractivity contribution in [3.63, 3.8) is 0 Å². The van der Waals surface area contributed by atoms with Gasteiger partial charge in [-0.2, -0.15) is 0 Å². The average molecular weight is 165 g/mol. The Morgan fingerprint density at radius 3 is 3.25 bits per heavy atom. The van der Waals surface area contributed by atoms with Gasteiger partial charge in [0.25, 0.3) is 0 Å². The Kier molecular flexibility index (Phi) is 1.58. The predicted molar refractivity (Wildman–Crippen MR) is 43.3 cm³/mol. The van der Waals surface area contributed by atoms with E-state index in [1.54, 1.807) is 0 Å². The highest BCUT2D eigenvalue weighted by molar-refractivity contribution is 5.81. The van der Waals surface area contributed by atoms with E-state index in [1.165, 1.54) is 6.34 Å². The molecule has 5 nitrogen and oxygen atoms in total. The molecular formula is C7H9N4O. The van der Waals surface area contributed by atoms with Crippen LogP contribution in [0.15, 0.2) is 16.4 Å². The van der Waals surface area contributed by atoms with Crippen molar-refractivity contribution in [1.29, 1.82) is 0 Å². The number of carbonyl (C=O) groups excluding carboxylic acids is 1. The fourth-order valence-corrected chi connectivity index (χ4v) is 1.32. The van der Waals surface area contributed by atoms with E-state index >= 15 is 0 Å². The normalized spacial score (nSPS) is 26.8. The number of carbonyl (C=O) groups is 1. The van der Waals surface area contributed by atoms with Crippen molar-refractivity contribution in [3.8, 4) is 0 Å². The zero-order chi connectivity index (χ0) is 8.55. The molecule has 1 unspecified atom stereocenters. The Morgan fingerprint density at radius 1 is 1.67 bits per heavy atom. The maximum Gasteiger partial charge on any atom is 0.234 e. The summed E-state index contributed by atoms with van der Waals surface area (Å²) in [5.74, 6) is -0.330. The van der Waals surface area contributed by atoms with Gasteiger partial charge in [-0.25, -0.2) is 10.3 Å². The van der Waals surface area contributed by atoms with Gasteiger partial charge >= 0.3 is 0 Å². The van der Waals surface area contributed by atoms with Gasteiger partial charge < -0.3 is 5.73 Å². The summed E-state index contributed by atoms with van der Waals surface area (Å²) >= 11 is 0. The van der Waals surface area contributed by atoms with E-state index in [0.717, 1.165) is 11.4 Å². The monoisotopic (exact) mass is 165 g/mol. The lowest BCUT2D eigenvalue weighted by Gasteiger charge is -2.20. The Bertz CT molecular complexity index is 281. The molecule has 0 saturated heterocycles. The minimum absolute atomic E-state index is 0.283. The van der Waals surface area contributed by atoms with Crippen LogP contribution in [0.3, 0.4) is 0 Å². The third kappa shape index (κ3) is 1.08. The van der Waals surface area contributed by atoms with Crippen molar-refractivity contribution in [2.24, 2.45) is 10.7 Å². The Balaban J connectivity index is 2.11. The summed E-state index contributed by atoms with van der Waals surface area (Å²) in [6.07, 6.45) is 2.07. The first-order chi connectivity index (χ1) is 5.77.